The second-order valence-corrected chi connectivity index (χ2v) is 7.12. The first-order valence-electron chi connectivity index (χ1n) is 9.66. The molecule has 0 aromatic carbocycles. The smallest absolute Gasteiger partial charge is 0.191 e. The first kappa shape index (κ1) is 23.9. The van der Waals surface area contributed by atoms with Crippen LogP contribution in [0.4, 0.5) is 0 Å². The summed E-state index contributed by atoms with van der Waals surface area (Å²) in [6.45, 7) is 8.98. The number of nitrogens with one attached hydrogen (secondary N) is 2. The molecule has 0 radical (unpaired) electrons. The van der Waals surface area contributed by atoms with Gasteiger partial charge >= 0.3 is 0 Å². The second-order valence-electron chi connectivity index (χ2n) is 7.12. The van der Waals surface area contributed by atoms with Crippen molar-refractivity contribution in [1.82, 2.24) is 25.4 Å². The predicted molar refractivity (Wildman–Crippen MR) is 127 cm³/mol. The molecule has 0 aliphatic rings. The van der Waals surface area contributed by atoms with Gasteiger partial charge in [0.1, 0.15) is 17.1 Å². The third-order valence-electron chi connectivity index (χ3n) is 4.53. The molecule has 9 heteroatoms. The Morgan fingerprint density at radius 2 is 2.07 bits per heavy atom. The lowest BCUT2D eigenvalue weighted by molar-refractivity contribution is 0.0601. The van der Waals surface area contributed by atoms with Crippen LogP contribution in [-0.4, -0.2) is 38.9 Å². The second kappa shape index (κ2) is 10.6. The zero-order valence-corrected chi connectivity index (χ0v) is 20.0. The van der Waals surface area contributed by atoms with Gasteiger partial charge < -0.3 is 20.2 Å². The number of furan rings is 1. The highest BCUT2D eigenvalue weighted by Gasteiger charge is 2.27. The molecule has 0 aliphatic heterocycles. The highest BCUT2D eigenvalue weighted by atomic mass is 127. The van der Waals surface area contributed by atoms with Crippen molar-refractivity contribution < 1.29 is 9.52 Å². The Hall–Kier alpha value is -2.40. The van der Waals surface area contributed by atoms with E-state index in [1.54, 1.807) is 24.0 Å². The first-order chi connectivity index (χ1) is 13.9. The van der Waals surface area contributed by atoms with Gasteiger partial charge in [0, 0.05) is 30.7 Å². The van der Waals surface area contributed by atoms with E-state index in [9.17, 15) is 5.11 Å². The van der Waals surface area contributed by atoms with Gasteiger partial charge in [-0.1, -0.05) is 0 Å². The van der Waals surface area contributed by atoms with Crippen LogP contribution in [0.15, 0.2) is 52.3 Å². The zero-order valence-electron chi connectivity index (χ0n) is 17.7. The summed E-state index contributed by atoms with van der Waals surface area (Å²) in [6, 6.07) is 7.60. The molecule has 0 spiro atoms. The molecule has 3 aromatic heterocycles. The van der Waals surface area contributed by atoms with E-state index in [2.05, 4.69) is 25.7 Å². The maximum Gasteiger partial charge on any atom is 0.191 e. The highest BCUT2D eigenvalue weighted by Crippen LogP contribution is 2.26. The fraction of sp³-hybridized carbons (Fsp3) is 0.381. The van der Waals surface area contributed by atoms with Gasteiger partial charge in [0.05, 0.1) is 13.1 Å². The van der Waals surface area contributed by atoms with Crippen LogP contribution in [0.25, 0.3) is 5.82 Å². The van der Waals surface area contributed by atoms with Gasteiger partial charge in [0.25, 0.3) is 0 Å². The fourth-order valence-corrected chi connectivity index (χ4v) is 3.12. The summed E-state index contributed by atoms with van der Waals surface area (Å²) in [5.41, 5.74) is 0.703. The molecule has 30 heavy (non-hydrogen) atoms. The number of aryl methyl sites for hydroxylation is 2. The average molecular weight is 524 g/mol. The Morgan fingerprint density at radius 1 is 1.27 bits per heavy atom. The average Bonchev–Trinajstić information content (AvgIpc) is 3.34. The number of guanidine groups is 1. The van der Waals surface area contributed by atoms with Gasteiger partial charge in [0.15, 0.2) is 11.8 Å². The summed E-state index contributed by atoms with van der Waals surface area (Å²) in [5.74, 6) is 2.88. The van der Waals surface area contributed by atoms with Crippen molar-refractivity contribution >= 4 is 29.9 Å². The minimum Gasteiger partial charge on any atom is -0.466 e. The van der Waals surface area contributed by atoms with E-state index in [4.69, 9.17) is 4.42 Å². The lowest BCUT2D eigenvalue weighted by atomic mass is 9.96. The van der Waals surface area contributed by atoms with Crippen molar-refractivity contribution in [2.75, 3.05) is 13.1 Å². The molecule has 1 atom stereocenters. The van der Waals surface area contributed by atoms with Crippen LogP contribution in [-0.2, 0) is 12.1 Å². The topological polar surface area (TPSA) is 100 Å². The normalized spacial score (nSPS) is 13.4. The van der Waals surface area contributed by atoms with Crippen LogP contribution in [0, 0.1) is 13.8 Å². The number of hydrogen-bond donors (Lipinski definition) is 3. The molecule has 0 aliphatic carbocycles. The number of aliphatic imine (C=N–C) groups is 1. The molecular weight excluding hydrogens is 495 g/mol. The van der Waals surface area contributed by atoms with Crippen molar-refractivity contribution in [3.05, 3.63) is 65.5 Å². The number of rotatable bonds is 7. The fourth-order valence-electron chi connectivity index (χ4n) is 3.12. The Bertz CT molecular complexity index is 966. The van der Waals surface area contributed by atoms with Gasteiger partial charge in [-0.05, 0) is 57.5 Å². The Kier molecular flexibility index (Phi) is 8.42. The lowest BCUT2D eigenvalue weighted by Gasteiger charge is -2.24. The zero-order chi connectivity index (χ0) is 20.9. The molecule has 0 saturated heterocycles. The minimum atomic E-state index is -1.08. The molecule has 0 amide bonds. The van der Waals surface area contributed by atoms with Crippen LogP contribution in [0.3, 0.4) is 0 Å². The van der Waals surface area contributed by atoms with Crippen LogP contribution in [0.2, 0.25) is 0 Å². The largest absolute Gasteiger partial charge is 0.466 e. The molecule has 8 nitrogen and oxygen atoms in total. The Labute approximate surface area is 193 Å². The summed E-state index contributed by atoms with van der Waals surface area (Å²) in [6.07, 6.45) is 5.31. The molecule has 1 unspecified atom stereocenters. The van der Waals surface area contributed by atoms with Gasteiger partial charge in [0.2, 0.25) is 0 Å². The number of hydrogen-bond acceptors (Lipinski definition) is 5. The molecule has 162 valence electrons. The van der Waals surface area contributed by atoms with E-state index in [0.29, 0.717) is 25.6 Å². The summed E-state index contributed by atoms with van der Waals surface area (Å²) in [7, 11) is 0. The van der Waals surface area contributed by atoms with Crippen LogP contribution in [0.1, 0.15) is 36.5 Å². The van der Waals surface area contributed by atoms with Crippen LogP contribution < -0.4 is 10.6 Å². The van der Waals surface area contributed by atoms with Crippen molar-refractivity contribution in [2.24, 2.45) is 4.99 Å². The minimum absolute atomic E-state index is 0. The summed E-state index contributed by atoms with van der Waals surface area (Å²) < 4.78 is 7.27. The van der Waals surface area contributed by atoms with Crippen LogP contribution in [0.5, 0.6) is 0 Å². The number of aliphatic hydroxyl groups is 1. The monoisotopic (exact) mass is 524 g/mol. The lowest BCUT2D eigenvalue weighted by Crippen LogP contribution is -2.44. The van der Waals surface area contributed by atoms with Crippen LogP contribution >= 0.6 is 24.0 Å². The third kappa shape index (κ3) is 6.05. The summed E-state index contributed by atoms with van der Waals surface area (Å²) in [4.78, 5) is 8.97. The quantitative estimate of drug-likeness (QED) is 0.250. The molecular formula is C21H29IN6O2. The number of aromatic nitrogens is 3. The molecule has 3 heterocycles. The van der Waals surface area contributed by atoms with E-state index in [-0.39, 0.29) is 24.0 Å². The number of pyridine rings is 1. The Balaban J connectivity index is 0.00000320. The number of nitrogens with zero attached hydrogens (tertiary/aromatic N) is 4. The van der Waals surface area contributed by atoms with E-state index in [0.717, 1.165) is 28.5 Å². The molecule has 3 aromatic rings. The van der Waals surface area contributed by atoms with Crippen molar-refractivity contribution in [2.45, 2.75) is 39.8 Å². The maximum atomic E-state index is 10.9. The van der Waals surface area contributed by atoms with Gasteiger partial charge in [-0.15, -0.1) is 24.0 Å². The molecule has 3 rings (SSSR count). The summed E-state index contributed by atoms with van der Waals surface area (Å²) in [5, 5.41) is 21.5. The molecule has 0 bridgehead atoms. The van der Waals surface area contributed by atoms with Crippen molar-refractivity contribution in [3.63, 3.8) is 0 Å². The summed E-state index contributed by atoms with van der Waals surface area (Å²) >= 11 is 0. The molecule has 0 fully saturated rings. The number of halogens is 1. The van der Waals surface area contributed by atoms with E-state index in [1.807, 2.05) is 51.2 Å². The van der Waals surface area contributed by atoms with Gasteiger partial charge in [-0.25, -0.2) is 14.7 Å². The highest BCUT2D eigenvalue weighted by molar-refractivity contribution is 14.0. The van der Waals surface area contributed by atoms with E-state index < -0.39 is 5.60 Å². The Morgan fingerprint density at radius 3 is 2.70 bits per heavy atom. The third-order valence-corrected chi connectivity index (χ3v) is 4.53. The maximum absolute atomic E-state index is 10.9. The van der Waals surface area contributed by atoms with Gasteiger partial charge in [-0.3, -0.25) is 0 Å². The first-order valence-corrected chi connectivity index (χ1v) is 9.66. The standard InChI is InChI=1S/C21H28N6O2.HI/c1-5-22-20(25-14-21(4,28)18-11-15(2)29-16(18)3)24-13-17-7-9-23-19(12-17)27-10-6-8-26-27;/h6-12,28H,5,13-14H2,1-4H3,(H2,22,24,25);1H. The van der Waals surface area contributed by atoms with E-state index >= 15 is 0 Å². The molecule has 0 saturated carbocycles. The van der Waals surface area contributed by atoms with Crippen molar-refractivity contribution in [3.8, 4) is 5.82 Å². The molecule has 3 N–H and O–H groups in total. The SMILES string of the molecule is CCNC(=NCc1ccnc(-n2cccn2)c1)NCC(C)(O)c1cc(C)oc1C.I. The van der Waals surface area contributed by atoms with E-state index in [1.165, 1.54) is 0 Å². The predicted octanol–water partition coefficient (Wildman–Crippen LogP) is 3.06. The van der Waals surface area contributed by atoms with Crippen molar-refractivity contribution in [1.29, 1.82) is 0 Å². The van der Waals surface area contributed by atoms with Gasteiger partial charge in [-0.2, -0.15) is 5.10 Å².